The Hall–Kier alpha value is -2.08. The van der Waals surface area contributed by atoms with Crippen LogP contribution in [0.1, 0.15) is 162 Å². The van der Waals surface area contributed by atoms with E-state index in [4.69, 9.17) is 18.9 Å². The standard InChI is InChI=1S/C42H74O10/c1-3-5-7-9-11-13-15-17-18-19-21-23-25-27-29-31-38(45)51-35(34-50-42-41(48)40(47)39(46)36(32-43)52-42)33-49-37(44)30-28-26-24-22-20-16-14-12-10-8-6-4-2/h5,7,11,13,17-18,35-36,39-43,46-48H,3-4,6,8-10,12,14-16,19-34H2,1-2H3/b7-5+,13-11+,18-17+/t35-,36-,39+,40?,41?,42-/m1/s1. The molecular formula is C42H74O10. The van der Waals surface area contributed by atoms with Gasteiger partial charge in [0.25, 0.3) is 0 Å². The molecule has 1 rings (SSSR count). The molecule has 4 N–H and O–H groups in total. The van der Waals surface area contributed by atoms with E-state index in [0.717, 1.165) is 70.6 Å². The van der Waals surface area contributed by atoms with Crippen LogP contribution in [-0.4, -0.2) is 89.0 Å². The first-order chi connectivity index (χ1) is 25.3. The molecule has 1 fully saturated rings. The quantitative estimate of drug-likeness (QED) is 0.0297. The lowest BCUT2D eigenvalue weighted by atomic mass is 9.99. The summed E-state index contributed by atoms with van der Waals surface area (Å²) in [6.07, 6.45) is 28.6. The van der Waals surface area contributed by atoms with Gasteiger partial charge in [-0.3, -0.25) is 9.59 Å². The summed E-state index contributed by atoms with van der Waals surface area (Å²) >= 11 is 0. The number of esters is 2. The highest BCUT2D eigenvalue weighted by atomic mass is 16.7. The largest absolute Gasteiger partial charge is 0.462 e. The molecule has 0 aromatic heterocycles. The van der Waals surface area contributed by atoms with Crippen LogP contribution < -0.4 is 0 Å². The predicted octanol–water partition coefficient (Wildman–Crippen LogP) is 7.94. The molecule has 0 aromatic carbocycles. The number of ether oxygens (including phenoxy) is 4. The van der Waals surface area contributed by atoms with Gasteiger partial charge in [-0.2, -0.15) is 0 Å². The van der Waals surface area contributed by atoms with Crippen LogP contribution in [0.15, 0.2) is 36.5 Å². The number of hydrogen-bond donors (Lipinski definition) is 4. The van der Waals surface area contributed by atoms with E-state index in [1.807, 2.05) is 0 Å². The molecule has 10 nitrogen and oxygen atoms in total. The van der Waals surface area contributed by atoms with Gasteiger partial charge in [0, 0.05) is 12.8 Å². The maximum absolute atomic E-state index is 12.7. The van der Waals surface area contributed by atoms with Gasteiger partial charge in [-0.15, -0.1) is 0 Å². The van der Waals surface area contributed by atoms with Crippen LogP contribution in [0.2, 0.25) is 0 Å². The van der Waals surface area contributed by atoms with Crippen LogP contribution in [0.25, 0.3) is 0 Å². The molecule has 0 amide bonds. The van der Waals surface area contributed by atoms with Gasteiger partial charge >= 0.3 is 11.9 Å². The zero-order valence-electron chi connectivity index (χ0n) is 32.6. The van der Waals surface area contributed by atoms with E-state index in [0.29, 0.717) is 6.42 Å². The number of rotatable bonds is 33. The maximum Gasteiger partial charge on any atom is 0.306 e. The number of aliphatic hydroxyl groups is 4. The third-order valence-corrected chi connectivity index (χ3v) is 9.29. The Morgan fingerprint density at radius 2 is 1.13 bits per heavy atom. The Morgan fingerprint density at radius 1 is 0.615 bits per heavy atom. The zero-order chi connectivity index (χ0) is 38.1. The van der Waals surface area contributed by atoms with Crippen molar-refractivity contribution in [1.82, 2.24) is 0 Å². The van der Waals surface area contributed by atoms with Gasteiger partial charge in [-0.1, -0.05) is 140 Å². The Balaban J connectivity index is 2.38. The average molecular weight is 739 g/mol. The molecule has 1 aliphatic heterocycles. The van der Waals surface area contributed by atoms with Crippen LogP contribution in [0, 0.1) is 0 Å². The van der Waals surface area contributed by atoms with Gasteiger partial charge in [-0.05, 0) is 44.9 Å². The van der Waals surface area contributed by atoms with Crippen molar-refractivity contribution in [2.45, 2.75) is 198 Å². The molecule has 10 heteroatoms. The fraction of sp³-hybridized carbons (Fsp3) is 0.810. The van der Waals surface area contributed by atoms with Crippen LogP contribution in [-0.2, 0) is 28.5 Å². The summed E-state index contributed by atoms with van der Waals surface area (Å²) in [4.78, 5) is 25.2. The van der Waals surface area contributed by atoms with E-state index in [-0.39, 0.29) is 32.0 Å². The van der Waals surface area contributed by atoms with E-state index in [1.54, 1.807) is 0 Å². The van der Waals surface area contributed by atoms with Crippen molar-refractivity contribution in [2.75, 3.05) is 19.8 Å². The average Bonchev–Trinajstić information content (AvgIpc) is 3.14. The molecular weight excluding hydrogens is 664 g/mol. The van der Waals surface area contributed by atoms with Gasteiger partial charge in [-0.25, -0.2) is 0 Å². The van der Waals surface area contributed by atoms with Crippen molar-refractivity contribution in [2.24, 2.45) is 0 Å². The van der Waals surface area contributed by atoms with Crippen LogP contribution in [0.3, 0.4) is 0 Å². The lowest BCUT2D eigenvalue weighted by molar-refractivity contribution is -0.305. The summed E-state index contributed by atoms with van der Waals surface area (Å²) < 4.78 is 22.1. The molecule has 0 radical (unpaired) electrons. The fourth-order valence-corrected chi connectivity index (χ4v) is 6.03. The van der Waals surface area contributed by atoms with Crippen molar-refractivity contribution in [3.63, 3.8) is 0 Å². The highest BCUT2D eigenvalue weighted by Gasteiger charge is 2.44. The number of unbranched alkanes of at least 4 members (excludes halogenated alkanes) is 16. The van der Waals surface area contributed by atoms with Gasteiger partial charge in [0.2, 0.25) is 0 Å². The highest BCUT2D eigenvalue weighted by molar-refractivity contribution is 5.70. The Bertz CT molecular complexity index is 949. The number of carbonyl (C=O) groups is 2. The maximum atomic E-state index is 12.7. The summed E-state index contributed by atoms with van der Waals surface area (Å²) in [5, 5.41) is 40.0. The second kappa shape index (κ2) is 33.5. The summed E-state index contributed by atoms with van der Waals surface area (Å²) in [5.74, 6) is -0.826. The third kappa shape index (κ3) is 25.0. The SMILES string of the molecule is CC/C=C/C/C=C/C/C=C/CCCCCCCC(=O)O[C@H](COC(=O)CCCCCCCCCCCCCC)CO[C@@H]1O[C@H](CO)[C@H](O)C(O)C1O. The molecule has 0 saturated carbocycles. The first-order valence-corrected chi connectivity index (χ1v) is 20.6. The summed E-state index contributed by atoms with van der Waals surface area (Å²) in [5.41, 5.74) is 0. The Morgan fingerprint density at radius 3 is 1.71 bits per heavy atom. The number of aliphatic hydroxyl groups excluding tert-OH is 4. The smallest absolute Gasteiger partial charge is 0.306 e. The number of hydrogen-bond acceptors (Lipinski definition) is 10. The molecule has 52 heavy (non-hydrogen) atoms. The predicted molar refractivity (Wildman–Crippen MR) is 206 cm³/mol. The minimum absolute atomic E-state index is 0.211. The second-order valence-corrected chi connectivity index (χ2v) is 14.1. The highest BCUT2D eigenvalue weighted by Crippen LogP contribution is 2.22. The normalized spacial score (nSPS) is 21.4. The number of allylic oxidation sites excluding steroid dienone is 6. The topological polar surface area (TPSA) is 152 Å². The molecule has 1 aliphatic rings. The van der Waals surface area contributed by atoms with E-state index < -0.39 is 49.4 Å². The first kappa shape index (κ1) is 47.9. The Labute approximate surface area is 315 Å². The van der Waals surface area contributed by atoms with Crippen molar-refractivity contribution >= 4 is 11.9 Å². The zero-order valence-corrected chi connectivity index (χ0v) is 32.6. The van der Waals surface area contributed by atoms with Crippen LogP contribution in [0.5, 0.6) is 0 Å². The fourth-order valence-electron chi connectivity index (χ4n) is 6.03. The van der Waals surface area contributed by atoms with E-state index in [1.165, 1.54) is 57.8 Å². The van der Waals surface area contributed by atoms with E-state index in [2.05, 4.69) is 50.3 Å². The van der Waals surface area contributed by atoms with Crippen molar-refractivity contribution in [1.29, 1.82) is 0 Å². The van der Waals surface area contributed by atoms with Gasteiger partial charge in [0.15, 0.2) is 12.4 Å². The summed E-state index contributed by atoms with van der Waals surface area (Å²) in [7, 11) is 0. The molecule has 0 aliphatic carbocycles. The van der Waals surface area contributed by atoms with Gasteiger partial charge in [0.05, 0.1) is 13.2 Å². The van der Waals surface area contributed by atoms with E-state index in [9.17, 15) is 30.0 Å². The summed E-state index contributed by atoms with van der Waals surface area (Å²) in [6, 6.07) is 0. The number of carbonyl (C=O) groups excluding carboxylic acids is 2. The van der Waals surface area contributed by atoms with Gasteiger partial charge < -0.3 is 39.4 Å². The lowest BCUT2D eigenvalue weighted by Gasteiger charge is -2.39. The van der Waals surface area contributed by atoms with Gasteiger partial charge in [0.1, 0.15) is 31.0 Å². The van der Waals surface area contributed by atoms with E-state index >= 15 is 0 Å². The van der Waals surface area contributed by atoms with Crippen LogP contribution in [0.4, 0.5) is 0 Å². The minimum atomic E-state index is -1.60. The van der Waals surface area contributed by atoms with Crippen molar-refractivity contribution < 1.29 is 49.0 Å². The molecule has 0 spiro atoms. The lowest BCUT2D eigenvalue weighted by Crippen LogP contribution is -2.59. The minimum Gasteiger partial charge on any atom is -0.462 e. The first-order valence-electron chi connectivity index (χ1n) is 20.6. The molecule has 1 heterocycles. The monoisotopic (exact) mass is 739 g/mol. The Kier molecular flexibility index (Phi) is 30.9. The molecule has 0 aromatic rings. The van der Waals surface area contributed by atoms with Crippen LogP contribution >= 0.6 is 0 Å². The third-order valence-electron chi connectivity index (χ3n) is 9.29. The molecule has 302 valence electrons. The van der Waals surface area contributed by atoms with Crippen molar-refractivity contribution in [3.05, 3.63) is 36.5 Å². The van der Waals surface area contributed by atoms with Crippen molar-refractivity contribution in [3.8, 4) is 0 Å². The molecule has 0 bridgehead atoms. The summed E-state index contributed by atoms with van der Waals surface area (Å²) in [6.45, 7) is 3.28. The molecule has 1 saturated heterocycles. The molecule has 6 atom stereocenters. The molecule has 2 unspecified atom stereocenters. The second-order valence-electron chi connectivity index (χ2n) is 14.1.